The molecule has 0 unspecified atom stereocenters. The SMILES string of the molecule is Cc1nc(-c2cccc(CO)c2)[nH]c1C. The maximum absolute atomic E-state index is 9.04. The summed E-state index contributed by atoms with van der Waals surface area (Å²) < 4.78 is 0. The number of hydrogen-bond donors (Lipinski definition) is 2. The second-order valence-electron chi connectivity index (χ2n) is 3.65. The van der Waals surface area contributed by atoms with Crippen LogP contribution in [0, 0.1) is 13.8 Å². The quantitative estimate of drug-likeness (QED) is 0.784. The number of imidazole rings is 1. The van der Waals surface area contributed by atoms with Crippen LogP contribution in [0.3, 0.4) is 0 Å². The van der Waals surface area contributed by atoms with Crippen LogP contribution >= 0.6 is 0 Å². The highest BCUT2D eigenvalue weighted by Gasteiger charge is 2.05. The Hall–Kier alpha value is -1.61. The van der Waals surface area contributed by atoms with Crippen molar-refractivity contribution in [2.75, 3.05) is 0 Å². The van der Waals surface area contributed by atoms with Crippen molar-refractivity contribution in [2.24, 2.45) is 0 Å². The third kappa shape index (κ3) is 1.92. The first-order valence-corrected chi connectivity index (χ1v) is 4.94. The summed E-state index contributed by atoms with van der Waals surface area (Å²) in [6, 6.07) is 7.74. The minimum absolute atomic E-state index is 0.0620. The van der Waals surface area contributed by atoms with Crippen molar-refractivity contribution in [3.63, 3.8) is 0 Å². The van der Waals surface area contributed by atoms with E-state index < -0.39 is 0 Å². The summed E-state index contributed by atoms with van der Waals surface area (Å²) >= 11 is 0. The molecule has 0 saturated heterocycles. The van der Waals surface area contributed by atoms with Gasteiger partial charge in [-0.2, -0.15) is 0 Å². The fraction of sp³-hybridized carbons (Fsp3) is 0.250. The predicted octanol–water partition coefficient (Wildman–Crippen LogP) is 2.19. The topological polar surface area (TPSA) is 48.9 Å². The Labute approximate surface area is 88.8 Å². The largest absolute Gasteiger partial charge is 0.392 e. The van der Waals surface area contributed by atoms with E-state index in [-0.39, 0.29) is 6.61 Å². The molecule has 15 heavy (non-hydrogen) atoms. The first kappa shape index (κ1) is 9.93. The maximum Gasteiger partial charge on any atom is 0.137 e. The lowest BCUT2D eigenvalue weighted by Gasteiger charge is -1.99. The van der Waals surface area contributed by atoms with E-state index in [9.17, 15) is 0 Å². The Balaban J connectivity index is 2.44. The highest BCUT2D eigenvalue weighted by atomic mass is 16.3. The molecule has 0 saturated carbocycles. The number of nitrogens with one attached hydrogen (secondary N) is 1. The fourth-order valence-corrected chi connectivity index (χ4v) is 1.50. The van der Waals surface area contributed by atoms with Crippen LogP contribution in [0.2, 0.25) is 0 Å². The van der Waals surface area contributed by atoms with Gasteiger partial charge in [-0.05, 0) is 25.5 Å². The molecule has 1 aromatic heterocycles. The Kier molecular flexibility index (Phi) is 2.56. The Morgan fingerprint density at radius 3 is 2.73 bits per heavy atom. The molecule has 0 aliphatic rings. The number of nitrogens with zero attached hydrogens (tertiary/aromatic N) is 1. The monoisotopic (exact) mass is 202 g/mol. The Morgan fingerprint density at radius 1 is 1.33 bits per heavy atom. The molecule has 0 fully saturated rings. The lowest BCUT2D eigenvalue weighted by Crippen LogP contribution is -1.85. The maximum atomic E-state index is 9.04. The van der Waals surface area contributed by atoms with Crippen molar-refractivity contribution in [3.05, 3.63) is 41.2 Å². The predicted molar refractivity (Wildman–Crippen MR) is 59.4 cm³/mol. The molecule has 0 radical (unpaired) electrons. The Morgan fingerprint density at radius 2 is 2.13 bits per heavy atom. The third-order valence-electron chi connectivity index (χ3n) is 2.51. The molecule has 1 aromatic carbocycles. The summed E-state index contributed by atoms with van der Waals surface area (Å²) in [7, 11) is 0. The molecule has 0 aliphatic heterocycles. The summed E-state index contributed by atoms with van der Waals surface area (Å²) in [5.41, 5.74) is 4.01. The molecule has 0 bridgehead atoms. The number of aromatic amines is 1. The van der Waals surface area contributed by atoms with Crippen molar-refractivity contribution in [3.8, 4) is 11.4 Å². The zero-order chi connectivity index (χ0) is 10.8. The van der Waals surface area contributed by atoms with Gasteiger partial charge in [-0.15, -0.1) is 0 Å². The normalized spacial score (nSPS) is 10.6. The molecule has 0 amide bonds. The van der Waals surface area contributed by atoms with Gasteiger partial charge in [0.2, 0.25) is 0 Å². The van der Waals surface area contributed by atoms with Gasteiger partial charge < -0.3 is 10.1 Å². The van der Waals surface area contributed by atoms with Gasteiger partial charge in [0.25, 0.3) is 0 Å². The number of hydrogen-bond acceptors (Lipinski definition) is 2. The van der Waals surface area contributed by atoms with Crippen LogP contribution in [0.25, 0.3) is 11.4 Å². The van der Waals surface area contributed by atoms with E-state index in [4.69, 9.17) is 5.11 Å². The molecular formula is C12H14N2O. The van der Waals surface area contributed by atoms with Gasteiger partial charge >= 0.3 is 0 Å². The van der Waals surface area contributed by atoms with Crippen LogP contribution in [-0.4, -0.2) is 15.1 Å². The first-order chi connectivity index (χ1) is 7.20. The van der Waals surface area contributed by atoms with E-state index in [0.29, 0.717) is 0 Å². The second kappa shape index (κ2) is 3.87. The first-order valence-electron chi connectivity index (χ1n) is 4.94. The van der Waals surface area contributed by atoms with Gasteiger partial charge in [0.15, 0.2) is 0 Å². The Bertz CT molecular complexity index is 455. The lowest BCUT2D eigenvalue weighted by molar-refractivity contribution is 0.282. The van der Waals surface area contributed by atoms with Gasteiger partial charge in [0.05, 0.1) is 12.3 Å². The lowest BCUT2D eigenvalue weighted by atomic mass is 10.1. The molecule has 3 heteroatoms. The minimum Gasteiger partial charge on any atom is -0.392 e. The van der Waals surface area contributed by atoms with Crippen molar-refractivity contribution in [1.82, 2.24) is 9.97 Å². The highest BCUT2D eigenvalue weighted by Crippen LogP contribution is 2.18. The summed E-state index contributed by atoms with van der Waals surface area (Å²) in [5, 5.41) is 9.04. The van der Waals surface area contributed by atoms with Gasteiger partial charge in [-0.25, -0.2) is 4.98 Å². The molecule has 2 rings (SSSR count). The highest BCUT2D eigenvalue weighted by molar-refractivity contribution is 5.57. The zero-order valence-corrected chi connectivity index (χ0v) is 8.91. The van der Waals surface area contributed by atoms with E-state index in [2.05, 4.69) is 9.97 Å². The summed E-state index contributed by atoms with van der Waals surface area (Å²) in [5.74, 6) is 0.861. The molecular weight excluding hydrogens is 188 g/mol. The summed E-state index contributed by atoms with van der Waals surface area (Å²) in [4.78, 5) is 7.64. The van der Waals surface area contributed by atoms with Crippen LogP contribution < -0.4 is 0 Å². The van der Waals surface area contributed by atoms with E-state index >= 15 is 0 Å². The number of rotatable bonds is 2. The number of aryl methyl sites for hydroxylation is 2. The second-order valence-corrected chi connectivity index (χ2v) is 3.65. The fourth-order valence-electron chi connectivity index (χ4n) is 1.50. The van der Waals surface area contributed by atoms with Crippen molar-refractivity contribution in [1.29, 1.82) is 0 Å². The standard InChI is InChI=1S/C12H14N2O/c1-8-9(2)14-12(13-8)11-5-3-4-10(6-11)7-15/h3-6,15H,7H2,1-2H3,(H,13,14). The molecule has 2 aromatic rings. The van der Waals surface area contributed by atoms with Crippen LogP contribution in [0.1, 0.15) is 17.0 Å². The van der Waals surface area contributed by atoms with E-state index in [1.807, 2.05) is 38.1 Å². The van der Waals surface area contributed by atoms with Gasteiger partial charge in [0.1, 0.15) is 5.82 Å². The molecule has 0 atom stereocenters. The zero-order valence-electron chi connectivity index (χ0n) is 8.91. The van der Waals surface area contributed by atoms with Crippen molar-refractivity contribution in [2.45, 2.75) is 20.5 Å². The molecule has 0 aliphatic carbocycles. The van der Waals surface area contributed by atoms with Gasteiger partial charge in [-0.3, -0.25) is 0 Å². The minimum atomic E-state index is 0.0620. The van der Waals surface area contributed by atoms with Crippen molar-refractivity contribution < 1.29 is 5.11 Å². The van der Waals surface area contributed by atoms with E-state index in [1.54, 1.807) is 0 Å². The van der Waals surface area contributed by atoms with E-state index in [0.717, 1.165) is 28.3 Å². The summed E-state index contributed by atoms with van der Waals surface area (Å²) in [6.45, 7) is 4.04. The average molecular weight is 202 g/mol. The van der Waals surface area contributed by atoms with Crippen LogP contribution in [0.15, 0.2) is 24.3 Å². The smallest absolute Gasteiger partial charge is 0.137 e. The molecule has 0 spiro atoms. The van der Waals surface area contributed by atoms with Crippen LogP contribution in [-0.2, 0) is 6.61 Å². The van der Waals surface area contributed by atoms with Gasteiger partial charge in [-0.1, -0.05) is 18.2 Å². The molecule has 1 heterocycles. The van der Waals surface area contributed by atoms with Crippen molar-refractivity contribution >= 4 is 0 Å². The number of H-pyrrole nitrogens is 1. The van der Waals surface area contributed by atoms with Crippen LogP contribution in [0.4, 0.5) is 0 Å². The number of aliphatic hydroxyl groups is 1. The van der Waals surface area contributed by atoms with Gasteiger partial charge in [0, 0.05) is 11.3 Å². The number of aromatic nitrogens is 2. The summed E-state index contributed by atoms with van der Waals surface area (Å²) in [6.07, 6.45) is 0. The van der Waals surface area contributed by atoms with E-state index in [1.165, 1.54) is 0 Å². The number of aliphatic hydroxyl groups excluding tert-OH is 1. The average Bonchev–Trinajstić information content (AvgIpc) is 2.59. The molecule has 3 nitrogen and oxygen atoms in total. The third-order valence-corrected chi connectivity index (χ3v) is 2.51. The molecule has 2 N–H and O–H groups in total. The van der Waals surface area contributed by atoms with Crippen LogP contribution in [0.5, 0.6) is 0 Å². The number of benzene rings is 1. The molecule has 78 valence electrons.